The number of nitrogens with one attached hydrogen (secondary N) is 1. The molecule has 1 aromatic carbocycles. The third-order valence-corrected chi connectivity index (χ3v) is 4.79. The zero-order valence-corrected chi connectivity index (χ0v) is 15.6. The highest BCUT2D eigenvalue weighted by molar-refractivity contribution is 9.10. The Bertz CT molecular complexity index is 922. The first kappa shape index (κ1) is 16.9. The lowest BCUT2D eigenvalue weighted by Gasteiger charge is -2.03. The molecular weight excluding hydrogens is 392 g/mol. The minimum Gasteiger partial charge on any atom is -0.338 e. The third kappa shape index (κ3) is 3.76. The van der Waals surface area contributed by atoms with Gasteiger partial charge in [0.25, 0.3) is 5.56 Å². The number of nitrogens with zero attached hydrogens (tertiary/aromatic N) is 3. The van der Waals surface area contributed by atoms with E-state index in [9.17, 15) is 4.79 Å². The number of halogens is 1. The molecule has 1 N–H and O–H groups in total. The van der Waals surface area contributed by atoms with Crippen molar-refractivity contribution in [3.63, 3.8) is 0 Å². The number of hydrogen-bond acceptors (Lipinski definition) is 6. The molecule has 8 heteroatoms. The van der Waals surface area contributed by atoms with E-state index >= 15 is 0 Å². The maximum absolute atomic E-state index is 12.0. The first-order valence-corrected chi connectivity index (χ1v) is 9.15. The molecule has 0 aliphatic heterocycles. The Balaban J connectivity index is 1.73. The van der Waals surface area contributed by atoms with E-state index in [1.807, 2.05) is 38.1 Å². The van der Waals surface area contributed by atoms with E-state index < -0.39 is 0 Å². The summed E-state index contributed by atoms with van der Waals surface area (Å²) in [6, 6.07) is 7.69. The van der Waals surface area contributed by atoms with Gasteiger partial charge in [-0.15, -0.1) is 0 Å². The number of aryl methyl sites for hydroxylation is 1. The first-order valence-electron chi connectivity index (χ1n) is 7.38. The monoisotopic (exact) mass is 406 g/mol. The zero-order chi connectivity index (χ0) is 17.1. The quantitative estimate of drug-likeness (QED) is 0.512. The van der Waals surface area contributed by atoms with Crippen LogP contribution in [0, 0.1) is 6.92 Å². The largest absolute Gasteiger partial charge is 0.338 e. The van der Waals surface area contributed by atoms with Gasteiger partial charge < -0.3 is 9.51 Å². The maximum Gasteiger partial charge on any atom is 0.254 e. The first-order chi connectivity index (χ1) is 11.6. The summed E-state index contributed by atoms with van der Waals surface area (Å²) in [6.45, 7) is 3.78. The number of thioether (sulfide) groups is 1. The fourth-order valence-electron chi connectivity index (χ4n) is 2.26. The number of benzene rings is 1. The minimum atomic E-state index is -0.0900. The Hall–Kier alpha value is -1.93. The van der Waals surface area contributed by atoms with Gasteiger partial charge >= 0.3 is 0 Å². The van der Waals surface area contributed by atoms with Crippen LogP contribution in [0.25, 0.3) is 11.4 Å². The van der Waals surface area contributed by atoms with Gasteiger partial charge in [0.1, 0.15) is 0 Å². The molecule has 0 radical (unpaired) electrons. The third-order valence-electron chi connectivity index (χ3n) is 3.44. The van der Waals surface area contributed by atoms with Crippen LogP contribution < -0.4 is 5.56 Å². The van der Waals surface area contributed by atoms with Crippen molar-refractivity contribution in [2.45, 2.75) is 31.2 Å². The molecule has 0 saturated heterocycles. The summed E-state index contributed by atoms with van der Waals surface area (Å²) in [4.78, 5) is 23.5. The fourth-order valence-corrected chi connectivity index (χ4v) is 3.40. The topological polar surface area (TPSA) is 84.7 Å². The molecule has 3 aromatic rings. The summed E-state index contributed by atoms with van der Waals surface area (Å²) in [5.74, 6) is 1.45. The van der Waals surface area contributed by atoms with Crippen LogP contribution >= 0.6 is 27.7 Å². The molecule has 0 unspecified atom stereocenters. The van der Waals surface area contributed by atoms with Gasteiger partial charge in [-0.25, -0.2) is 4.98 Å². The number of aromatic amines is 1. The van der Waals surface area contributed by atoms with Gasteiger partial charge in [0.05, 0.1) is 5.75 Å². The van der Waals surface area contributed by atoms with Crippen LogP contribution in [0.2, 0.25) is 0 Å². The van der Waals surface area contributed by atoms with Crippen molar-refractivity contribution in [3.8, 4) is 11.4 Å². The van der Waals surface area contributed by atoms with Gasteiger partial charge in [-0.05, 0) is 25.5 Å². The molecule has 0 fully saturated rings. The van der Waals surface area contributed by atoms with Crippen molar-refractivity contribution in [1.82, 2.24) is 20.1 Å². The van der Waals surface area contributed by atoms with Crippen LogP contribution in [0.3, 0.4) is 0 Å². The average Bonchev–Trinajstić information content (AvgIpc) is 3.02. The standard InChI is InChI=1S/C16H15BrN4O2S/c1-3-12-9(2)18-16(20-15(12)22)24-8-13-19-14(21-23-13)10-5-4-6-11(17)7-10/h4-7H,3,8H2,1-2H3,(H,18,20,22). The van der Waals surface area contributed by atoms with E-state index in [-0.39, 0.29) is 5.56 Å². The van der Waals surface area contributed by atoms with Gasteiger partial charge in [0.2, 0.25) is 11.7 Å². The summed E-state index contributed by atoms with van der Waals surface area (Å²) in [5, 5.41) is 4.54. The van der Waals surface area contributed by atoms with Gasteiger partial charge in [-0.2, -0.15) is 4.98 Å². The summed E-state index contributed by atoms with van der Waals surface area (Å²) in [6.07, 6.45) is 0.665. The van der Waals surface area contributed by atoms with Crippen LogP contribution in [0.5, 0.6) is 0 Å². The number of H-pyrrole nitrogens is 1. The van der Waals surface area contributed by atoms with Crippen molar-refractivity contribution in [3.05, 3.63) is 56.2 Å². The zero-order valence-electron chi connectivity index (χ0n) is 13.2. The Kier molecular flexibility index (Phi) is 5.15. The molecule has 0 spiro atoms. The molecule has 6 nitrogen and oxygen atoms in total. The SMILES string of the molecule is CCc1c(C)nc(SCc2nc(-c3cccc(Br)c3)no2)[nH]c1=O. The molecule has 0 aliphatic carbocycles. The van der Waals surface area contributed by atoms with Crippen LogP contribution in [0.4, 0.5) is 0 Å². The predicted octanol–water partition coefficient (Wildman–Crippen LogP) is 3.75. The van der Waals surface area contributed by atoms with E-state index in [4.69, 9.17) is 4.52 Å². The Morgan fingerprint density at radius 1 is 1.33 bits per heavy atom. The highest BCUT2D eigenvalue weighted by atomic mass is 79.9. The summed E-state index contributed by atoms with van der Waals surface area (Å²) >= 11 is 4.78. The molecule has 24 heavy (non-hydrogen) atoms. The summed E-state index contributed by atoms with van der Waals surface area (Å²) in [5.41, 5.74) is 2.25. The van der Waals surface area contributed by atoms with E-state index in [2.05, 4.69) is 36.0 Å². The van der Waals surface area contributed by atoms with Crippen LogP contribution in [0.15, 0.2) is 43.2 Å². The van der Waals surface area contributed by atoms with Crippen molar-refractivity contribution in [2.24, 2.45) is 0 Å². The second-order valence-electron chi connectivity index (χ2n) is 5.10. The van der Waals surface area contributed by atoms with Gasteiger partial charge in [0.15, 0.2) is 5.16 Å². The molecule has 0 bridgehead atoms. The molecule has 0 saturated carbocycles. The van der Waals surface area contributed by atoms with E-state index in [1.54, 1.807) is 0 Å². The average molecular weight is 407 g/mol. The van der Waals surface area contributed by atoms with Crippen LogP contribution in [-0.4, -0.2) is 20.1 Å². The smallest absolute Gasteiger partial charge is 0.254 e. The van der Waals surface area contributed by atoms with Gasteiger partial charge in [-0.1, -0.05) is 51.9 Å². The van der Waals surface area contributed by atoms with Crippen molar-refractivity contribution >= 4 is 27.7 Å². The number of rotatable bonds is 5. The minimum absolute atomic E-state index is 0.0900. The van der Waals surface area contributed by atoms with Gasteiger partial charge in [-0.3, -0.25) is 4.79 Å². The molecule has 124 valence electrons. The molecule has 2 heterocycles. The van der Waals surface area contributed by atoms with E-state index in [0.717, 1.165) is 15.7 Å². The lowest BCUT2D eigenvalue weighted by molar-refractivity contribution is 0.391. The van der Waals surface area contributed by atoms with Crippen molar-refractivity contribution in [2.75, 3.05) is 0 Å². The van der Waals surface area contributed by atoms with Crippen molar-refractivity contribution < 1.29 is 4.52 Å². The highest BCUT2D eigenvalue weighted by Gasteiger charge is 2.11. The molecule has 0 atom stereocenters. The molecule has 0 aliphatic rings. The highest BCUT2D eigenvalue weighted by Crippen LogP contribution is 2.23. The molecule has 3 rings (SSSR count). The maximum atomic E-state index is 12.0. The molecular formula is C16H15BrN4O2S. The van der Waals surface area contributed by atoms with Crippen LogP contribution in [0.1, 0.15) is 24.1 Å². The lowest BCUT2D eigenvalue weighted by Crippen LogP contribution is -2.16. The van der Waals surface area contributed by atoms with Crippen molar-refractivity contribution in [1.29, 1.82) is 0 Å². The Labute approximate surface area is 151 Å². The Morgan fingerprint density at radius 3 is 2.88 bits per heavy atom. The second kappa shape index (κ2) is 7.31. The summed E-state index contributed by atoms with van der Waals surface area (Å²) in [7, 11) is 0. The van der Waals surface area contributed by atoms with Crippen LogP contribution in [-0.2, 0) is 12.2 Å². The second-order valence-corrected chi connectivity index (χ2v) is 6.98. The van der Waals surface area contributed by atoms with E-state index in [0.29, 0.717) is 34.6 Å². The Morgan fingerprint density at radius 2 is 2.17 bits per heavy atom. The number of hydrogen-bond donors (Lipinski definition) is 1. The fraction of sp³-hybridized carbons (Fsp3) is 0.250. The summed E-state index contributed by atoms with van der Waals surface area (Å²) < 4.78 is 6.22. The normalized spacial score (nSPS) is 11.0. The van der Waals surface area contributed by atoms with Gasteiger partial charge in [0, 0.05) is 21.3 Å². The number of aromatic nitrogens is 4. The van der Waals surface area contributed by atoms with E-state index in [1.165, 1.54) is 11.8 Å². The lowest BCUT2D eigenvalue weighted by atomic mass is 10.2. The molecule has 0 amide bonds. The molecule has 2 aromatic heterocycles. The predicted molar refractivity (Wildman–Crippen MR) is 96.0 cm³/mol.